The summed E-state index contributed by atoms with van der Waals surface area (Å²) < 4.78 is 39.0. The van der Waals surface area contributed by atoms with Gasteiger partial charge >= 0.3 is 6.03 Å². The van der Waals surface area contributed by atoms with Crippen LogP contribution in [0.25, 0.3) is 10.8 Å². The van der Waals surface area contributed by atoms with Crippen LogP contribution in [0.1, 0.15) is 47.1 Å². The van der Waals surface area contributed by atoms with Gasteiger partial charge in [-0.25, -0.2) is 9.78 Å². The highest BCUT2D eigenvalue weighted by Gasteiger charge is 2.25. The van der Waals surface area contributed by atoms with Crippen molar-refractivity contribution < 1.29 is 47.5 Å². The number of morpholine rings is 1. The molecule has 0 atom stereocenters. The number of ether oxygens (including phenoxy) is 7. The molecule has 1 aromatic heterocycles. The van der Waals surface area contributed by atoms with Crippen molar-refractivity contribution in [1.82, 2.24) is 20.5 Å². The first-order valence-corrected chi connectivity index (χ1v) is 21.9. The molecule has 1 fully saturated rings. The smallest absolute Gasteiger partial charge is 0.323 e. The summed E-state index contributed by atoms with van der Waals surface area (Å²) in [5, 5.41) is 16.6. The van der Waals surface area contributed by atoms with Crippen molar-refractivity contribution in [2.45, 2.75) is 26.2 Å². The van der Waals surface area contributed by atoms with Gasteiger partial charge in [0.05, 0.1) is 77.4 Å². The van der Waals surface area contributed by atoms with Gasteiger partial charge < -0.3 is 59.7 Å². The van der Waals surface area contributed by atoms with E-state index in [9.17, 15) is 14.4 Å². The van der Waals surface area contributed by atoms with Gasteiger partial charge in [-0.15, -0.1) is 0 Å². The topological polar surface area (TPSA) is 192 Å². The second-order valence-corrected chi connectivity index (χ2v) is 16.3. The number of nitrogens with zero attached hydrogens (tertiary/aromatic N) is 2. The molecule has 5 N–H and O–H groups in total. The van der Waals surface area contributed by atoms with Gasteiger partial charge in [-0.1, -0.05) is 45.0 Å². The van der Waals surface area contributed by atoms with Crippen LogP contribution in [0, 0.1) is 0 Å². The zero-order valence-corrected chi connectivity index (χ0v) is 38.5. The van der Waals surface area contributed by atoms with Gasteiger partial charge in [0, 0.05) is 80.2 Å². The number of pyridine rings is 1. The Bertz CT molecular complexity index is 2420. The van der Waals surface area contributed by atoms with Crippen LogP contribution in [-0.4, -0.2) is 128 Å². The third kappa shape index (κ3) is 14.0. The van der Waals surface area contributed by atoms with E-state index in [1.165, 1.54) is 14.2 Å². The maximum atomic E-state index is 13.8. The summed E-state index contributed by atoms with van der Waals surface area (Å²) in [6.07, 6.45) is 1.61. The van der Waals surface area contributed by atoms with Gasteiger partial charge in [-0.05, 0) is 53.4 Å². The van der Waals surface area contributed by atoms with Crippen molar-refractivity contribution in [1.29, 1.82) is 0 Å². The molecule has 1 saturated heterocycles. The standard InChI is InChI=1S/C49H61N7O10/c1-49(2,3)34-29-40(47(58)51-15-17-56-18-21-64-22-19-56)45(62-6)42(30-34)55-48(59)54-41-11-12-43(39-10-8-7-9-38(39)41)66-36-13-14-50-44(32-36)53-35-27-33(28-37(31-35)61-5)46(57)52-16-20-63-25-26-65-24-23-60-4/h7-14,27-32H,15-26H2,1-6H3,(H,50,53)(H,51,58)(H,52,57)(H2,54,55,59). The molecule has 0 unspecified atom stereocenters. The van der Waals surface area contributed by atoms with Crippen LogP contribution in [0.5, 0.6) is 23.0 Å². The molecule has 0 spiro atoms. The number of methoxy groups -OCH3 is 3. The van der Waals surface area contributed by atoms with E-state index in [1.54, 1.807) is 55.8 Å². The fraction of sp³-hybridized carbons (Fsp3) is 0.388. The van der Waals surface area contributed by atoms with Gasteiger partial charge in [0.1, 0.15) is 23.1 Å². The van der Waals surface area contributed by atoms with Crippen molar-refractivity contribution >= 4 is 51.5 Å². The number of hydrogen-bond acceptors (Lipinski definition) is 13. The number of carbonyl (C=O) groups excluding carboxylic acids is 3. The number of benzene rings is 4. The molecule has 1 aliphatic heterocycles. The van der Waals surface area contributed by atoms with E-state index in [2.05, 4.69) is 36.5 Å². The monoisotopic (exact) mass is 907 g/mol. The SMILES string of the molecule is COCCOCCOCCNC(=O)c1cc(Nc2cc(Oc3ccc(NC(=O)Nc4cc(C(C)(C)C)cc(C(=O)NCCN5CCOCC5)c4OC)c4ccccc34)ccn2)cc(OC)c1. The van der Waals surface area contributed by atoms with Crippen LogP contribution >= 0.6 is 0 Å². The number of hydrogen-bond donors (Lipinski definition) is 5. The molecule has 0 bridgehead atoms. The van der Waals surface area contributed by atoms with Gasteiger partial charge in [0.2, 0.25) is 0 Å². The molecule has 4 amide bonds. The Morgan fingerprint density at radius 2 is 1.45 bits per heavy atom. The summed E-state index contributed by atoms with van der Waals surface area (Å²) in [6, 6.07) is 22.8. The number of fused-ring (bicyclic) bond motifs is 1. The summed E-state index contributed by atoms with van der Waals surface area (Å²) in [5.41, 5.74) is 2.70. The Balaban J connectivity index is 1.11. The molecule has 4 aromatic carbocycles. The van der Waals surface area contributed by atoms with E-state index in [0.29, 0.717) is 117 Å². The summed E-state index contributed by atoms with van der Waals surface area (Å²) in [5.74, 6) is 1.66. The Labute approximate surface area is 385 Å². The quantitative estimate of drug-likeness (QED) is 0.0439. The molecule has 2 heterocycles. The van der Waals surface area contributed by atoms with E-state index in [0.717, 1.165) is 29.4 Å². The number of amides is 4. The first-order valence-electron chi connectivity index (χ1n) is 21.9. The Morgan fingerprint density at radius 1 is 0.727 bits per heavy atom. The van der Waals surface area contributed by atoms with Crippen molar-refractivity contribution in [3.05, 3.63) is 102 Å². The average molecular weight is 908 g/mol. The predicted molar refractivity (Wildman–Crippen MR) is 254 cm³/mol. The van der Waals surface area contributed by atoms with Crippen molar-refractivity contribution in [3.63, 3.8) is 0 Å². The molecule has 5 aromatic rings. The fourth-order valence-corrected chi connectivity index (χ4v) is 7.08. The zero-order chi connectivity index (χ0) is 46.9. The number of anilines is 4. The van der Waals surface area contributed by atoms with Crippen LogP contribution in [0.3, 0.4) is 0 Å². The molecule has 0 radical (unpaired) electrons. The highest BCUT2D eigenvalue weighted by Crippen LogP contribution is 2.38. The van der Waals surface area contributed by atoms with E-state index in [-0.39, 0.29) is 23.0 Å². The van der Waals surface area contributed by atoms with Gasteiger partial charge in [-0.3, -0.25) is 14.5 Å². The van der Waals surface area contributed by atoms with Gasteiger partial charge in [0.15, 0.2) is 5.75 Å². The van der Waals surface area contributed by atoms with Crippen LogP contribution in [0.2, 0.25) is 0 Å². The molecule has 6 rings (SSSR count). The summed E-state index contributed by atoms with van der Waals surface area (Å²) in [4.78, 5) is 47.2. The van der Waals surface area contributed by atoms with Gasteiger partial charge in [-0.2, -0.15) is 0 Å². The highest BCUT2D eigenvalue weighted by atomic mass is 16.5. The molecule has 0 saturated carbocycles. The zero-order valence-electron chi connectivity index (χ0n) is 38.5. The normalized spacial score (nSPS) is 12.9. The molecular formula is C49H61N7O10. The molecule has 0 aliphatic carbocycles. The van der Waals surface area contributed by atoms with E-state index < -0.39 is 6.03 Å². The first kappa shape index (κ1) is 48.9. The lowest BCUT2D eigenvalue weighted by Crippen LogP contribution is -2.41. The minimum Gasteiger partial charge on any atom is -0.497 e. The number of carbonyl (C=O) groups is 3. The minimum absolute atomic E-state index is 0.257. The van der Waals surface area contributed by atoms with Crippen molar-refractivity contribution in [3.8, 4) is 23.0 Å². The minimum atomic E-state index is -0.524. The molecule has 17 heteroatoms. The lowest BCUT2D eigenvalue weighted by atomic mass is 9.85. The molecule has 66 heavy (non-hydrogen) atoms. The van der Waals surface area contributed by atoms with Crippen LogP contribution in [0.4, 0.5) is 27.7 Å². The molecule has 1 aliphatic rings. The van der Waals surface area contributed by atoms with E-state index in [4.69, 9.17) is 33.2 Å². The molecular weight excluding hydrogens is 847 g/mol. The summed E-state index contributed by atoms with van der Waals surface area (Å²) in [7, 11) is 4.63. The average Bonchev–Trinajstić information content (AvgIpc) is 3.31. The summed E-state index contributed by atoms with van der Waals surface area (Å²) >= 11 is 0. The highest BCUT2D eigenvalue weighted by molar-refractivity contribution is 6.09. The van der Waals surface area contributed by atoms with Gasteiger partial charge in [0.25, 0.3) is 11.8 Å². The second-order valence-electron chi connectivity index (χ2n) is 16.3. The number of rotatable bonds is 22. The Hall–Kier alpha value is -6.50. The third-order valence-electron chi connectivity index (χ3n) is 10.6. The number of aromatic nitrogens is 1. The van der Waals surface area contributed by atoms with Crippen LogP contribution in [-0.2, 0) is 24.4 Å². The number of urea groups is 1. The largest absolute Gasteiger partial charge is 0.497 e. The van der Waals surface area contributed by atoms with Crippen LogP contribution < -0.4 is 40.8 Å². The maximum absolute atomic E-state index is 13.8. The third-order valence-corrected chi connectivity index (χ3v) is 10.6. The molecule has 352 valence electrons. The van der Waals surface area contributed by atoms with Crippen LogP contribution in [0.15, 0.2) is 85.1 Å². The van der Waals surface area contributed by atoms with Crippen molar-refractivity contribution in [2.75, 3.05) is 116 Å². The molecule has 17 nitrogen and oxygen atoms in total. The number of nitrogens with one attached hydrogen (secondary N) is 5. The van der Waals surface area contributed by atoms with Crippen molar-refractivity contribution in [2.24, 2.45) is 0 Å². The Kier molecular flexibility index (Phi) is 17.9. The first-order chi connectivity index (χ1) is 31.9. The summed E-state index contributed by atoms with van der Waals surface area (Å²) in [6.45, 7) is 12.8. The van der Waals surface area contributed by atoms with E-state index >= 15 is 0 Å². The predicted octanol–water partition coefficient (Wildman–Crippen LogP) is 7.20. The lowest BCUT2D eigenvalue weighted by Gasteiger charge is -2.26. The fourth-order valence-electron chi connectivity index (χ4n) is 7.08. The lowest BCUT2D eigenvalue weighted by molar-refractivity contribution is 0.0255. The van der Waals surface area contributed by atoms with E-state index in [1.807, 2.05) is 57.2 Å². The maximum Gasteiger partial charge on any atom is 0.323 e. The Morgan fingerprint density at radius 3 is 2.20 bits per heavy atom. The second kappa shape index (κ2) is 24.1.